The van der Waals surface area contributed by atoms with Gasteiger partial charge in [-0.1, -0.05) is 29.3 Å². The topological polar surface area (TPSA) is 12.0 Å². The summed E-state index contributed by atoms with van der Waals surface area (Å²) in [6.45, 7) is 1.49. The van der Waals surface area contributed by atoms with Gasteiger partial charge in [0.25, 0.3) is 0 Å². The van der Waals surface area contributed by atoms with Crippen molar-refractivity contribution in [1.82, 2.24) is 5.32 Å². The van der Waals surface area contributed by atoms with E-state index in [4.69, 9.17) is 34.8 Å². The van der Waals surface area contributed by atoms with Crippen LogP contribution in [0.5, 0.6) is 0 Å². The molecule has 0 radical (unpaired) electrons. The fraction of sp³-hybridized carbons (Fsp3) is 0.500. The van der Waals surface area contributed by atoms with Crippen molar-refractivity contribution in [1.29, 1.82) is 0 Å². The van der Waals surface area contributed by atoms with E-state index in [0.717, 1.165) is 12.1 Å². The molecule has 0 aromatic heterocycles. The predicted octanol–water partition coefficient (Wildman–Crippen LogP) is 4.10. The molecule has 1 saturated carbocycles. The average molecular weight is 279 g/mol. The zero-order chi connectivity index (χ0) is 11.5. The number of benzene rings is 1. The molecule has 0 saturated heterocycles. The summed E-state index contributed by atoms with van der Waals surface area (Å²) in [5.41, 5.74) is 0.950. The number of nitrogens with one attached hydrogen (secondary N) is 1. The molecule has 1 N–H and O–H groups in total. The van der Waals surface area contributed by atoms with E-state index >= 15 is 0 Å². The molecule has 0 aliphatic heterocycles. The summed E-state index contributed by atoms with van der Waals surface area (Å²) in [4.78, 5) is 0. The number of hydrogen-bond acceptors (Lipinski definition) is 1. The van der Waals surface area contributed by atoms with Crippen molar-refractivity contribution >= 4 is 34.8 Å². The molecule has 1 aliphatic rings. The molecule has 1 aromatic rings. The minimum Gasteiger partial charge on any atom is -0.311 e. The summed E-state index contributed by atoms with van der Waals surface area (Å²) in [7, 11) is 0. The van der Waals surface area contributed by atoms with E-state index in [1.807, 2.05) is 18.2 Å². The summed E-state index contributed by atoms with van der Waals surface area (Å²) >= 11 is 18.3. The molecule has 1 aromatic carbocycles. The van der Waals surface area contributed by atoms with Crippen LogP contribution in [0.1, 0.15) is 18.4 Å². The van der Waals surface area contributed by atoms with Crippen molar-refractivity contribution in [3.05, 3.63) is 33.8 Å². The van der Waals surface area contributed by atoms with Crippen LogP contribution in [0.4, 0.5) is 0 Å². The molecule has 0 bridgehead atoms. The van der Waals surface area contributed by atoms with Crippen molar-refractivity contribution in [3.8, 4) is 0 Å². The molecule has 0 spiro atoms. The summed E-state index contributed by atoms with van der Waals surface area (Å²) in [6.07, 6.45) is 2.53. The van der Waals surface area contributed by atoms with Gasteiger partial charge in [0.2, 0.25) is 0 Å². The van der Waals surface area contributed by atoms with Crippen molar-refractivity contribution < 1.29 is 0 Å². The van der Waals surface area contributed by atoms with Gasteiger partial charge in [0.05, 0.1) is 0 Å². The quantitative estimate of drug-likeness (QED) is 0.800. The number of rotatable bonds is 5. The van der Waals surface area contributed by atoms with Gasteiger partial charge in [-0.2, -0.15) is 0 Å². The summed E-state index contributed by atoms with van der Waals surface area (Å²) in [5.74, 6) is 0.705. The highest BCUT2D eigenvalue weighted by molar-refractivity contribution is 6.35. The maximum Gasteiger partial charge on any atom is 0.0488 e. The van der Waals surface area contributed by atoms with Gasteiger partial charge in [0, 0.05) is 34.1 Å². The van der Waals surface area contributed by atoms with Crippen LogP contribution in [-0.4, -0.2) is 11.9 Å². The Hall–Kier alpha value is 0.0500. The third-order valence-electron chi connectivity index (χ3n) is 2.84. The van der Waals surface area contributed by atoms with Gasteiger partial charge in [0.1, 0.15) is 0 Å². The third kappa shape index (κ3) is 3.27. The molecule has 0 amide bonds. The van der Waals surface area contributed by atoms with Crippen molar-refractivity contribution in [2.24, 2.45) is 5.92 Å². The highest BCUT2D eigenvalue weighted by Crippen LogP contribution is 2.35. The van der Waals surface area contributed by atoms with Gasteiger partial charge in [-0.15, -0.1) is 11.6 Å². The Morgan fingerprint density at radius 3 is 2.44 bits per heavy atom. The van der Waals surface area contributed by atoms with Gasteiger partial charge in [-0.05, 0) is 30.9 Å². The Morgan fingerprint density at radius 1 is 1.25 bits per heavy atom. The van der Waals surface area contributed by atoms with Crippen LogP contribution in [0.25, 0.3) is 0 Å². The molecule has 2 rings (SSSR count). The fourth-order valence-electron chi connectivity index (χ4n) is 1.66. The smallest absolute Gasteiger partial charge is 0.0488 e. The number of hydrogen-bond donors (Lipinski definition) is 1. The molecule has 1 unspecified atom stereocenters. The van der Waals surface area contributed by atoms with E-state index in [1.54, 1.807) is 0 Å². The molecule has 1 aliphatic carbocycles. The Balaban J connectivity index is 1.84. The Morgan fingerprint density at radius 2 is 1.88 bits per heavy atom. The lowest BCUT2D eigenvalue weighted by Crippen LogP contribution is -2.24. The Bertz CT molecular complexity index is 343. The van der Waals surface area contributed by atoms with Crippen LogP contribution in [0.3, 0.4) is 0 Å². The van der Waals surface area contributed by atoms with Crippen molar-refractivity contribution in [2.75, 3.05) is 6.54 Å². The second-order valence-corrected chi connectivity index (χ2v) is 5.56. The second-order valence-electron chi connectivity index (χ2n) is 4.18. The van der Waals surface area contributed by atoms with Gasteiger partial charge < -0.3 is 5.32 Å². The summed E-state index contributed by atoms with van der Waals surface area (Å²) < 4.78 is 0. The maximum absolute atomic E-state index is 6.20. The largest absolute Gasteiger partial charge is 0.311 e. The number of alkyl halides is 1. The lowest BCUT2D eigenvalue weighted by molar-refractivity contribution is 0.620. The average Bonchev–Trinajstić information content (AvgIpc) is 3.05. The molecule has 0 heterocycles. The van der Waals surface area contributed by atoms with E-state index in [2.05, 4.69) is 5.32 Å². The van der Waals surface area contributed by atoms with Crippen LogP contribution in [0, 0.1) is 5.92 Å². The van der Waals surface area contributed by atoms with Gasteiger partial charge in [-0.3, -0.25) is 0 Å². The van der Waals surface area contributed by atoms with Crippen LogP contribution in [0.15, 0.2) is 18.2 Å². The zero-order valence-corrected chi connectivity index (χ0v) is 11.1. The molecule has 4 heteroatoms. The van der Waals surface area contributed by atoms with E-state index in [0.29, 0.717) is 22.5 Å². The summed E-state index contributed by atoms with van der Waals surface area (Å²) in [6, 6.07) is 5.55. The Labute approximate surface area is 111 Å². The van der Waals surface area contributed by atoms with E-state index < -0.39 is 0 Å². The first-order valence-corrected chi connectivity index (χ1v) is 6.65. The molecule has 1 atom stereocenters. The van der Waals surface area contributed by atoms with Crippen LogP contribution in [-0.2, 0) is 6.54 Å². The standard InChI is InChI=1S/C12H14Cl3N/c13-10-2-1-3-11(14)9(10)6-16-7-12(15)8-4-5-8/h1-3,8,12,16H,4-7H2. The first-order valence-electron chi connectivity index (χ1n) is 5.46. The maximum atomic E-state index is 6.20. The highest BCUT2D eigenvalue weighted by Gasteiger charge is 2.29. The monoisotopic (exact) mass is 277 g/mol. The molecule has 1 fully saturated rings. The van der Waals surface area contributed by atoms with Gasteiger partial charge in [-0.25, -0.2) is 0 Å². The Kier molecular flexibility index (Phi) is 4.37. The second kappa shape index (κ2) is 5.59. The van der Waals surface area contributed by atoms with Crippen molar-refractivity contribution in [3.63, 3.8) is 0 Å². The SMILES string of the molecule is Clc1cccc(Cl)c1CNCC(Cl)C1CC1. The van der Waals surface area contributed by atoms with Crippen LogP contribution in [0.2, 0.25) is 10.0 Å². The van der Waals surface area contributed by atoms with E-state index in [-0.39, 0.29) is 5.38 Å². The van der Waals surface area contributed by atoms with E-state index in [9.17, 15) is 0 Å². The first-order chi connectivity index (χ1) is 7.68. The number of halogens is 3. The minimum atomic E-state index is 0.237. The van der Waals surface area contributed by atoms with Gasteiger partial charge in [0.15, 0.2) is 0 Å². The fourth-order valence-corrected chi connectivity index (χ4v) is 2.55. The lowest BCUT2D eigenvalue weighted by Gasteiger charge is -2.11. The first kappa shape index (κ1) is 12.5. The van der Waals surface area contributed by atoms with Crippen LogP contribution >= 0.6 is 34.8 Å². The molecular weight excluding hydrogens is 264 g/mol. The molecule has 88 valence electrons. The molecular formula is C12H14Cl3N. The van der Waals surface area contributed by atoms with Crippen molar-refractivity contribution in [2.45, 2.75) is 24.8 Å². The van der Waals surface area contributed by atoms with Gasteiger partial charge >= 0.3 is 0 Å². The zero-order valence-electron chi connectivity index (χ0n) is 8.85. The van der Waals surface area contributed by atoms with Crippen LogP contribution < -0.4 is 5.32 Å². The molecule has 16 heavy (non-hydrogen) atoms. The van der Waals surface area contributed by atoms with E-state index in [1.165, 1.54) is 12.8 Å². The normalized spacial score (nSPS) is 17.4. The minimum absolute atomic E-state index is 0.237. The predicted molar refractivity (Wildman–Crippen MR) is 70.5 cm³/mol. The molecule has 1 nitrogen and oxygen atoms in total. The summed E-state index contributed by atoms with van der Waals surface area (Å²) in [5, 5.41) is 4.95. The highest BCUT2D eigenvalue weighted by atomic mass is 35.5. The lowest BCUT2D eigenvalue weighted by atomic mass is 10.2. The third-order valence-corrected chi connectivity index (χ3v) is 4.06.